The maximum atomic E-state index is 14.3. The van der Waals surface area contributed by atoms with Gasteiger partial charge in [0, 0.05) is 23.1 Å². The van der Waals surface area contributed by atoms with Crippen LogP contribution in [0.4, 0.5) is 4.39 Å². The number of halogens is 1. The molecule has 0 radical (unpaired) electrons. The summed E-state index contributed by atoms with van der Waals surface area (Å²) >= 11 is 0. The quantitative estimate of drug-likeness (QED) is 0.645. The number of aliphatic hydroxyl groups is 1. The van der Waals surface area contributed by atoms with Crippen LogP contribution in [0.5, 0.6) is 0 Å². The number of benzene rings is 1. The topological polar surface area (TPSA) is 122 Å². The van der Waals surface area contributed by atoms with Gasteiger partial charge in [-0.1, -0.05) is 13.8 Å². The number of nitrogens with zero attached hydrogens (tertiary/aromatic N) is 2. The van der Waals surface area contributed by atoms with E-state index in [-0.39, 0.29) is 11.7 Å². The number of rotatable bonds is 3. The van der Waals surface area contributed by atoms with E-state index in [0.29, 0.717) is 35.3 Å². The summed E-state index contributed by atoms with van der Waals surface area (Å²) in [6.07, 6.45) is 3.34. The van der Waals surface area contributed by atoms with Gasteiger partial charge in [-0.3, -0.25) is 0 Å². The van der Waals surface area contributed by atoms with Gasteiger partial charge in [-0.25, -0.2) is 14.0 Å². The molecule has 3 N–H and O–H groups in total. The lowest BCUT2D eigenvalue weighted by Gasteiger charge is -2.46. The lowest BCUT2D eigenvalue weighted by Crippen LogP contribution is -2.49. The van der Waals surface area contributed by atoms with Crippen molar-refractivity contribution in [3.05, 3.63) is 46.8 Å². The molecule has 8 heteroatoms. The van der Waals surface area contributed by atoms with E-state index in [4.69, 9.17) is 10.2 Å². The Labute approximate surface area is 175 Å². The summed E-state index contributed by atoms with van der Waals surface area (Å²) < 4.78 is 14.3. The number of carboxylic acid groups (broad SMARTS) is 2. The molecular formula is C22H27FN2O5. The average Bonchev–Trinajstić information content (AvgIpc) is 2.90. The highest BCUT2D eigenvalue weighted by molar-refractivity contribution is 5.89. The van der Waals surface area contributed by atoms with Crippen LogP contribution in [0, 0.1) is 28.5 Å². The lowest BCUT2D eigenvalue weighted by molar-refractivity contribution is -0.134. The zero-order chi connectivity index (χ0) is 22.7. The molecule has 30 heavy (non-hydrogen) atoms. The van der Waals surface area contributed by atoms with Crippen molar-refractivity contribution in [3.8, 4) is 6.07 Å². The molecule has 1 aliphatic carbocycles. The highest BCUT2D eigenvalue weighted by atomic mass is 19.1. The van der Waals surface area contributed by atoms with Crippen molar-refractivity contribution in [2.24, 2.45) is 11.3 Å². The van der Waals surface area contributed by atoms with Crippen molar-refractivity contribution in [3.63, 3.8) is 0 Å². The van der Waals surface area contributed by atoms with Gasteiger partial charge in [0.2, 0.25) is 0 Å². The van der Waals surface area contributed by atoms with Crippen LogP contribution in [0.3, 0.4) is 0 Å². The molecule has 162 valence electrons. The molecule has 1 fully saturated rings. The van der Waals surface area contributed by atoms with E-state index in [1.807, 2.05) is 13.8 Å². The number of likely N-dealkylation sites (tertiary alicyclic amines) is 1. The highest BCUT2D eigenvalue weighted by Gasteiger charge is 2.57. The fourth-order valence-corrected chi connectivity index (χ4v) is 4.56. The molecule has 1 aromatic rings. The van der Waals surface area contributed by atoms with Gasteiger partial charge in [-0.2, -0.15) is 5.26 Å². The first-order valence-electron chi connectivity index (χ1n) is 9.70. The van der Waals surface area contributed by atoms with Gasteiger partial charge in [0.25, 0.3) is 0 Å². The predicted octanol–water partition coefficient (Wildman–Crippen LogP) is 2.52. The first kappa shape index (κ1) is 23.5. The second-order valence-corrected chi connectivity index (χ2v) is 8.47. The molecule has 1 aliphatic heterocycles. The van der Waals surface area contributed by atoms with Gasteiger partial charge in [0.15, 0.2) is 0 Å². The van der Waals surface area contributed by atoms with Gasteiger partial charge in [-0.05, 0) is 63.0 Å². The van der Waals surface area contributed by atoms with Crippen molar-refractivity contribution >= 4 is 11.9 Å². The summed E-state index contributed by atoms with van der Waals surface area (Å²) in [5, 5.41) is 36.8. The van der Waals surface area contributed by atoms with Gasteiger partial charge in [-0.15, -0.1) is 0 Å². The Balaban J connectivity index is 0.000000343. The molecule has 0 bridgehead atoms. The number of carboxylic acids is 2. The fourth-order valence-electron chi connectivity index (χ4n) is 4.56. The average molecular weight is 418 g/mol. The molecule has 2 aliphatic rings. The first-order valence-corrected chi connectivity index (χ1v) is 9.70. The van der Waals surface area contributed by atoms with Crippen LogP contribution in [-0.4, -0.2) is 52.3 Å². The van der Waals surface area contributed by atoms with Crippen LogP contribution in [0.25, 0.3) is 0 Å². The van der Waals surface area contributed by atoms with E-state index in [2.05, 4.69) is 18.0 Å². The molecule has 0 spiro atoms. The van der Waals surface area contributed by atoms with E-state index in [1.54, 1.807) is 0 Å². The number of aliphatic carboxylic acids is 2. The molecule has 1 heterocycles. The van der Waals surface area contributed by atoms with Crippen molar-refractivity contribution in [1.82, 2.24) is 4.90 Å². The number of carbonyl (C=O) groups is 2. The molecule has 0 amide bonds. The minimum absolute atomic E-state index is 0.0637. The molecule has 7 nitrogen and oxygen atoms in total. The number of nitriles is 1. The Morgan fingerprint density at radius 1 is 1.20 bits per heavy atom. The van der Waals surface area contributed by atoms with Crippen LogP contribution in [0.15, 0.2) is 24.3 Å². The molecule has 0 aromatic heterocycles. The van der Waals surface area contributed by atoms with E-state index in [1.165, 1.54) is 12.1 Å². The zero-order valence-electron chi connectivity index (χ0n) is 17.4. The monoisotopic (exact) mass is 418 g/mol. The molecular weight excluding hydrogens is 391 g/mol. The molecule has 1 saturated heterocycles. The first-order chi connectivity index (χ1) is 13.9. The molecule has 1 aromatic carbocycles. The van der Waals surface area contributed by atoms with Crippen molar-refractivity contribution in [2.45, 2.75) is 38.7 Å². The number of fused-ring (bicyclic) bond motifs is 1. The standard InChI is InChI=1S/C18H23FN2O.C4H4O4/c1-17(2)10-14-15(19)5-4-12(11-20)16(14)18(17,22)13-6-8-21(3)9-7-13;5-3(6)1-2-4(7)8/h4-5,13,22H,6-10H2,1-3H3;1-2H,(H,5,6)(H,7,8). The molecule has 1 atom stereocenters. The Morgan fingerprint density at radius 2 is 1.73 bits per heavy atom. The van der Waals surface area contributed by atoms with Gasteiger partial charge < -0.3 is 20.2 Å². The normalized spacial score (nSPS) is 23.3. The van der Waals surface area contributed by atoms with Crippen LogP contribution in [0.2, 0.25) is 0 Å². The largest absolute Gasteiger partial charge is 0.478 e. The van der Waals surface area contributed by atoms with Crippen LogP contribution in [0.1, 0.15) is 43.4 Å². The Hall–Kier alpha value is -2.76. The zero-order valence-corrected chi connectivity index (χ0v) is 17.4. The molecule has 1 unspecified atom stereocenters. The number of piperidine rings is 1. The predicted molar refractivity (Wildman–Crippen MR) is 107 cm³/mol. The summed E-state index contributed by atoms with van der Waals surface area (Å²) in [6.45, 7) is 5.84. The van der Waals surface area contributed by atoms with Crippen LogP contribution in [-0.2, 0) is 21.6 Å². The van der Waals surface area contributed by atoms with Crippen LogP contribution < -0.4 is 0 Å². The van der Waals surface area contributed by atoms with Crippen molar-refractivity contribution in [2.75, 3.05) is 20.1 Å². The third-order valence-electron chi connectivity index (χ3n) is 6.09. The van der Waals surface area contributed by atoms with Crippen molar-refractivity contribution < 1.29 is 29.3 Å². The van der Waals surface area contributed by atoms with E-state index in [0.717, 1.165) is 25.9 Å². The third-order valence-corrected chi connectivity index (χ3v) is 6.09. The van der Waals surface area contributed by atoms with E-state index < -0.39 is 23.0 Å². The second-order valence-electron chi connectivity index (χ2n) is 8.47. The Morgan fingerprint density at radius 3 is 2.20 bits per heavy atom. The molecule has 0 saturated carbocycles. The second kappa shape index (κ2) is 8.94. The van der Waals surface area contributed by atoms with Gasteiger partial charge in [0.1, 0.15) is 5.82 Å². The minimum atomic E-state index is -1.26. The summed E-state index contributed by atoms with van der Waals surface area (Å²) in [5.41, 5.74) is -0.0936. The summed E-state index contributed by atoms with van der Waals surface area (Å²) in [5.74, 6) is -2.75. The van der Waals surface area contributed by atoms with Gasteiger partial charge >= 0.3 is 11.9 Å². The van der Waals surface area contributed by atoms with Crippen molar-refractivity contribution in [1.29, 1.82) is 5.26 Å². The van der Waals surface area contributed by atoms with E-state index in [9.17, 15) is 24.3 Å². The maximum absolute atomic E-state index is 14.3. The minimum Gasteiger partial charge on any atom is -0.478 e. The smallest absolute Gasteiger partial charge is 0.328 e. The molecule has 3 rings (SSSR count). The number of hydrogen-bond donors (Lipinski definition) is 3. The highest BCUT2D eigenvalue weighted by Crippen LogP contribution is 2.57. The van der Waals surface area contributed by atoms with Crippen LogP contribution >= 0.6 is 0 Å². The third kappa shape index (κ3) is 4.53. The number of hydrogen-bond acceptors (Lipinski definition) is 5. The van der Waals surface area contributed by atoms with E-state index >= 15 is 0 Å². The van der Waals surface area contributed by atoms with Gasteiger partial charge in [0.05, 0.1) is 17.2 Å². The SMILES string of the molecule is CN1CCC(C2(O)c3c(C#N)ccc(F)c3CC2(C)C)CC1.O=C(O)C=CC(=O)O. The summed E-state index contributed by atoms with van der Waals surface area (Å²) in [6, 6.07) is 5.02. The Bertz CT molecular complexity index is 882. The summed E-state index contributed by atoms with van der Waals surface area (Å²) in [7, 11) is 2.08. The maximum Gasteiger partial charge on any atom is 0.328 e. The Kier molecular flexibility index (Phi) is 7.01. The lowest BCUT2D eigenvalue weighted by atomic mass is 9.65. The summed E-state index contributed by atoms with van der Waals surface area (Å²) in [4.78, 5) is 21.4. The fraction of sp³-hybridized carbons (Fsp3) is 0.500.